The minimum Gasteiger partial charge on any atom is -0.494 e. The van der Waals surface area contributed by atoms with Crippen LogP contribution in [0.1, 0.15) is 44.6 Å². The molecule has 0 spiro atoms. The van der Waals surface area contributed by atoms with Crippen LogP contribution in [0.5, 0.6) is 5.75 Å². The molecule has 0 aromatic heterocycles. The predicted octanol–water partition coefficient (Wildman–Crippen LogP) is 3.59. The summed E-state index contributed by atoms with van der Waals surface area (Å²) >= 11 is 0. The van der Waals surface area contributed by atoms with Crippen molar-refractivity contribution in [3.8, 4) is 11.8 Å². The van der Waals surface area contributed by atoms with Crippen LogP contribution in [0, 0.1) is 11.3 Å². The van der Waals surface area contributed by atoms with E-state index in [4.69, 9.17) is 10.00 Å². The Labute approximate surface area is 122 Å². The monoisotopic (exact) mass is 272 g/mol. The first-order valence-electron chi connectivity index (χ1n) is 7.70. The van der Waals surface area contributed by atoms with E-state index in [1.807, 2.05) is 12.1 Å². The Kier molecular flexibility index (Phi) is 5.88. The first-order chi connectivity index (χ1) is 9.83. The zero-order valence-corrected chi connectivity index (χ0v) is 12.3. The summed E-state index contributed by atoms with van der Waals surface area (Å²) in [5.41, 5.74) is 0.656. The van der Waals surface area contributed by atoms with Crippen LogP contribution in [0.3, 0.4) is 0 Å². The Bertz CT molecular complexity index is 447. The lowest BCUT2D eigenvalue weighted by atomic mass is 10.2. The number of nitriles is 1. The van der Waals surface area contributed by atoms with Crippen LogP contribution < -0.4 is 4.74 Å². The van der Waals surface area contributed by atoms with Gasteiger partial charge in [0.15, 0.2) is 0 Å². The molecule has 0 bridgehead atoms. The summed E-state index contributed by atoms with van der Waals surface area (Å²) in [6.45, 7) is 5.21. The van der Waals surface area contributed by atoms with Crippen molar-refractivity contribution in [1.82, 2.24) is 4.90 Å². The van der Waals surface area contributed by atoms with Crippen LogP contribution in [-0.2, 0) is 0 Å². The average Bonchev–Trinajstić information content (AvgIpc) is 3.01. The number of rotatable bonds is 7. The fraction of sp³-hybridized carbons (Fsp3) is 0.588. The fourth-order valence-corrected chi connectivity index (χ4v) is 2.98. The van der Waals surface area contributed by atoms with E-state index in [-0.39, 0.29) is 0 Å². The van der Waals surface area contributed by atoms with Crippen molar-refractivity contribution in [2.45, 2.75) is 45.1 Å². The number of benzene rings is 1. The molecule has 0 radical (unpaired) electrons. The predicted molar refractivity (Wildman–Crippen MR) is 80.8 cm³/mol. The minimum absolute atomic E-state index is 0.656. The third-order valence-electron chi connectivity index (χ3n) is 4.07. The van der Waals surface area contributed by atoms with Crippen LogP contribution >= 0.6 is 0 Å². The summed E-state index contributed by atoms with van der Waals surface area (Å²) < 4.78 is 5.73. The number of nitrogens with zero attached hydrogens (tertiary/aromatic N) is 2. The van der Waals surface area contributed by atoms with E-state index in [1.165, 1.54) is 25.7 Å². The molecule has 20 heavy (non-hydrogen) atoms. The zero-order chi connectivity index (χ0) is 14.2. The minimum atomic E-state index is 0.656. The van der Waals surface area contributed by atoms with Crippen molar-refractivity contribution >= 4 is 0 Å². The van der Waals surface area contributed by atoms with Gasteiger partial charge in [-0.2, -0.15) is 5.26 Å². The van der Waals surface area contributed by atoms with Crippen molar-refractivity contribution in [1.29, 1.82) is 5.26 Å². The average molecular weight is 272 g/mol. The first kappa shape index (κ1) is 14.9. The van der Waals surface area contributed by atoms with Gasteiger partial charge in [0.2, 0.25) is 0 Å². The Balaban J connectivity index is 1.71. The third kappa shape index (κ3) is 4.25. The van der Waals surface area contributed by atoms with Crippen molar-refractivity contribution in [2.24, 2.45) is 0 Å². The molecule has 0 amide bonds. The molecule has 1 aliphatic carbocycles. The van der Waals surface area contributed by atoms with Gasteiger partial charge >= 0.3 is 0 Å². The van der Waals surface area contributed by atoms with Crippen molar-refractivity contribution in [3.63, 3.8) is 0 Å². The van der Waals surface area contributed by atoms with Gasteiger partial charge in [-0.05, 0) is 44.0 Å². The van der Waals surface area contributed by atoms with E-state index < -0.39 is 0 Å². The van der Waals surface area contributed by atoms with Gasteiger partial charge in [-0.3, -0.25) is 0 Å². The van der Waals surface area contributed by atoms with Crippen molar-refractivity contribution in [2.75, 3.05) is 19.7 Å². The maximum Gasteiger partial charge on any atom is 0.120 e. The Morgan fingerprint density at radius 2 is 2.15 bits per heavy atom. The quantitative estimate of drug-likeness (QED) is 0.712. The largest absolute Gasteiger partial charge is 0.494 e. The molecule has 1 fully saturated rings. The van der Waals surface area contributed by atoms with Crippen molar-refractivity contribution < 1.29 is 4.74 Å². The van der Waals surface area contributed by atoms with E-state index in [2.05, 4.69) is 17.9 Å². The van der Waals surface area contributed by atoms with E-state index in [9.17, 15) is 0 Å². The van der Waals surface area contributed by atoms with Crippen LogP contribution in [0.4, 0.5) is 0 Å². The van der Waals surface area contributed by atoms with Crippen LogP contribution in [0.25, 0.3) is 0 Å². The molecule has 0 unspecified atom stereocenters. The smallest absolute Gasteiger partial charge is 0.120 e. The van der Waals surface area contributed by atoms with Gasteiger partial charge in [0.05, 0.1) is 18.2 Å². The van der Waals surface area contributed by atoms with E-state index >= 15 is 0 Å². The highest BCUT2D eigenvalue weighted by atomic mass is 16.5. The molecule has 0 saturated heterocycles. The summed E-state index contributed by atoms with van der Waals surface area (Å²) in [7, 11) is 0. The van der Waals surface area contributed by atoms with Gasteiger partial charge in [-0.15, -0.1) is 0 Å². The highest BCUT2D eigenvalue weighted by Gasteiger charge is 2.20. The first-order valence-corrected chi connectivity index (χ1v) is 7.70. The molecule has 2 rings (SSSR count). The molecule has 0 heterocycles. The molecule has 1 aromatic carbocycles. The number of hydrogen-bond donors (Lipinski definition) is 0. The topological polar surface area (TPSA) is 36.3 Å². The van der Waals surface area contributed by atoms with Crippen molar-refractivity contribution in [3.05, 3.63) is 29.8 Å². The molecular formula is C17H24N2O. The molecule has 3 heteroatoms. The molecule has 1 aliphatic rings. The second-order valence-corrected chi connectivity index (χ2v) is 5.41. The molecule has 1 saturated carbocycles. The van der Waals surface area contributed by atoms with Gasteiger partial charge in [-0.25, -0.2) is 0 Å². The summed E-state index contributed by atoms with van der Waals surface area (Å²) in [4.78, 5) is 2.59. The van der Waals surface area contributed by atoms with E-state index in [1.54, 1.807) is 12.1 Å². The zero-order valence-electron chi connectivity index (χ0n) is 12.3. The molecule has 0 aliphatic heterocycles. The molecular weight excluding hydrogens is 248 g/mol. The van der Waals surface area contributed by atoms with Gasteiger partial charge in [0, 0.05) is 12.6 Å². The van der Waals surface area contributed by atoms with E-state index in [0.717, 1.165) is 37.9 Å². The maximum atomic E-state index is 8.85. The fourth-order valence-electron chi connectivity index (χ4n) is 2.98. The summed E-state index contributed by atoms with van der Waals surface area (Å²) in [6.07, 6.45) is 6.54. The van der Waals surface area contributed by atoms with Gasteiger partial charge in [0.1, 0.15) is 5.75 Å². The Morgan fingerprint density at radius 1 is 1.35 bits per heavy atom. The Hall–Kier alpha value is -1.53. The number of hydrogen-bond acceptors (Lipinski definition) is 3. The second kappa shape index (κ2) is 7.91. The summed E-state index contributed by atoms with van der Waals surface area (Å²) in [6, 6.07) is 10.3. The van der Waals surface area contributed by atoms with Gasteiger partial charge < -0.3 is 9.64 Å². The second-order valence-electron chi connectivity index (χ2n) is 5.41. The van der Waals surface area contributed by atoms with Crippen LogP contribution in [-0.4, -0.2) is 30.6 Å². The summed E-state index contributed by atoms with van der Waals surface area (Å²) in [5.74, 6) is 0.799. The lowest BCUT2D eigenvalue weighted by molar-refractivity contribution is 0.188. The van der Waals surface area contributed by atoms with Crippen LogP contribution in [0.2, 0.25) is 0 Å². The summed E-state index contributed by atoms with van der Waals surface area (Å²) in [5, 5.41) is 8.85. The molecule has 108 valence electrons. The third-order valence-corrected chi connectivity index (χ3v) is 4.07. The molecule has 0 N–H and O–H groups in total. The highest BCUT2D eigenvalue weighted by molar-refractivity contribution is 5.36. The van der Waals surface area contributed by atoms with Gasteiger partial charge in [-0.1, -0.05) is 25.8 Å². The lowest BCUT2D eigenvalue weighted by Gasteiger charge is -2.27. The standard InChI is InChI=1S/C17H24N2O/c1-2-19(16-8-3-4-9-16)11-6-12-20-17-10-5-7-15(13-17)14-18/h5,7,10,13,16H,2-4,6,8-9,11-12H2,1H3. The maximum absolute atomic E-state index is 8.85. The van der Waals surface area contributed by atoms with Crippen LogP contribution in [0.15, 0.2) is 24.3 Å². The Morgan fingerprint density at radius 3 is 2.85 bits per heavy atom. The highest BCUT2D eigenvalue weighted by Crippen LogP contribution is 2.23. The SMILES string of the molecule is CCN(CCCOc1cccc(C#N)c1)C1CCCC1. The van der Waals surface area contributed by atoms with E-state index in [0.29, 0.717) is 5.56 Å². The lowest BCUT2D eigenvalue weighted by Crippen LogP contribution is -2.34. The molecule has 0 atom stereocenters. The molecule has 3 nitrogen and oxygen atoms in total. The normalized spacial score (nSPS) is 15.4. The van der Waals surface area contributed by atoms with Gasteiger partial charge in [0.25, 0.3) is 0 Å². The number of ether oxygens (including phenoxy) is 1. The molecule has 1 aromatic rings.